The van der Waals surface area contributed by atoms with Crippen molar-refractivity contribution in [1.82, 2.24) is 24.7 Å². The maximum atomic E-state index is 13.4. The smallest absolute Gasteiger partial charge is 0.226 e. The van der Waals surface area contributed by atoms with Crippen molar-refractivity contribution in [2.75, 3.05) is 0 Å². The Hall–Kier alpha value is -3.77. The summed E-state index contributed by atoms with van der Waals surface area (Å²) < 4.78 is 14.8. The number of nitrogens with zero attached hydrogens (tertiary/aromatic N) is 6. The molecule has 0 spiro atoms. The Kier molecular flexibility index (Phi) is 5.16. The minimum atomic E-state index is -1.23. The topological polar surface area (TPSA) is 97.3 Å². The van der Waals surface area contributed by atoms with E-state index in [1.165, 1.54) is 28.2 Å². The summed E-state index contributed by atoms with van der Waals surface area (Å²) in [7, 11) is 0. The lowest BCUT2D eigenvalue weighted by Gasteiger charge is -2.06. The fourth-order valence-electron chi connectivity index (χ4n) is 2.99. The van der Waals surface area contributed by atoms with Gasteiger partial charge in [0.15, 0.2) is 17.6 Å². The molecule has 0 radical (unpaired) electrons. The third kappa shape index (κ3) is 3.73. The van der Waals surface area contributed by atoms with Gasteiger partial charge in [0.05, 0.1) is 16.6 Å². The van der Waals surface area contributed by atoms with E-state index in [1.807, 2.05) is 23.6 Å². The average Bonchev–Trinajstić information content (AvgIpc) is 3.38. The molecular formula is C21H15FN6OS. The summed E-state index contributed by atoms with van der Waals surface area (Å²) in [6.45, 7) is 3.54. The highest BCUT2D eigenvalue weighted by Gasteiger charge is 2.30. The van der Waals surface area contributed by atoms with Crippen LogP contribution >= 0.6 is 11.3 Å². The zero-order valence-corrected chi connectivity index (χ0v) is 16.9. The summed E-state index contributed by atoms with van der Waals surface area (Å²) in [5, 5.41) is 15.9. The van der Waals surface area contributed by atoms with Crippen molar-refractivity contribution in [3.63, 3.8) is 0 Å². The quantitative estimate of drug-likeness (QED) is 0.454. The van der Waals surface area contributed by atoms with Gasteiger partial charge in [-0.3, -0.25) is 4.79 Å². The number of carbonyl (C=O) groups is 1. The van der Waals surface area contributed by atoms with Crippen LogP contribution < -0.4 is 0 Å². The van der Waals surface area contributed by atoms with Crippen LogP contribution in [-0.4, -0.2) is 30.5 Å². The molecule has 30 heavy (non-hydrogen) atoms. The number of Topliss-reactive ketones (excluding diaryl/α,β-unsaturated/α-hetero) is 1. The number of ketones is 1. The molecule has 0 N–H and O–H groups in total. The Labute approximate surface area is 175 Å². The molecule has 3 aromatic heterocycles. The van der Waals surface area contributed by atoms with Crippen LogP contribution in [0.2, 0.25) is 0 Å². The first-order chi connectivity index (χ1) is 14.5. The SMILES string of the molecule is Cc1cc(C)nc(C(C#N)C(=O)c2nc(-c3cccs3)n(-c3ccc(F)cc3)n2)n1. The highest BCUT2D eigenvalue weighted by Crippen LogP contribution is 2.27. The number of nitriles is 1. The molecular weight excluding hydrogens is 403 g/mol. The van der Waals surface area contributed by atoms with Crippen molar-refractivity contribution < 1.29 is 9.18 Å². The van der Waals surface area contributed by atoms with Crippen LogP contribution in [0.5, 0.6) is 0 Å². The zero-order chi connectivity index (χ0) is 21.3. The molecule has 7 nitrogen and oxygen atoms in total. The van der Waals surface area contributed by atoms with Gasteiger partial charge in [-0.2, -0.15) is 5.26 Å². The van der Waals surface area contributed by atoms with Crippen molar-refractivity contribution in [3.05, 3.63) is 76.7 Å². The summed E-state index contributed by atoms with van der Waals surface area (Å²) in [4.78, 5) is 26.8. The third-order valence-electron chi connectivity index (χ3n) is 4.29. The second kappa shape index (κ2) is 7.93. The van der Waals surface area contributed by atoms with Crippen molar-refractivity contribution in [1.29, 1.82) is 5.26 Å². The molecule has 0 aliphatic carbocycles. The van der Waals surface area contributed by atoms with Gasteiger partial charge in [-0.1, -0.05) is 6.07 Å². The van der Waals surface area contributed by atoms with Gasteiger partial charge in [0.2, 0.25) is 11.6 Å². The van der Waals surface area contributed by atoms with Crippen molar-refractivity contribution in [2.24, 2.45) is 0 Å². The van der Waals surface area contributed by atoms with E-state index in [2.05, 4.69) is 20.1 Å². The van der Waals surface area contributed by atoms with Crippen LogP contribution in [0.25, 0.3) is 16.4 Å². The number of aryl methyl sites for hydroxylation is 2. The summed E-state index contributed by atoms with van der Waals surface area (Å²) >= 11 is 1.43. The van der Waals surface area contributed by atoms with Gasteiger partial charge in [-0.15, -0.1) is 16.4 Å². The molecule has 0 aliphatic rings. The first-order valence-electron chi connectivity index (χ1n) is 8.99. The van der Waals surface area contributed by atoms with Crippen molar-refractivity contribution >= 4 is 17.1 Å². The van der Waals surface area contributed by atoms with Crippen LogP contribution in [0, 0.1) is 31.0 Å². The molecule has 0 amide bonds. The van der Waals surface area contributed by atoms with Crippen molar-refractivity contribution in [3.8, 4) is 22.5 Å². The van der Waals surface area contributed by atoms with E-state index >= 15 is 0 Å². The number of hydrogen-bond donors (Lipinski definition) is 0. The van der Waals surface area contributed by atoms with E-state index in [0.717, 1.165) is 4.88 Å². The molecule has 4 rings (SSSR count). The second-order valence-corrected chi connectivity index (χ2v) is 7.51. The monoisotopic (exact) mass is 418 g/mol. The molecule has 3 heterocycles. The number of halogens is 1. The van der Waals surface area contributed by atoms with Gasteiger partial charge in [0.1, 0.15) is 5.82 Å². The summed E-state index contributed by atoms with van der Waals surface area (Å²) in [6.07, 6.45) is 0. The van der Waals surface area contributed by atoms with Gasteiger partial charge in [-0.25, -0.2) is 24.0 Å². The van der Waals surface area contributed by atoms with E-state index in [0.29, 0.717) is 22.9 Å². The summed E-state index contributed by atoms with van der Waals surface area (Å²) in [5.74, 6) is -1.79. The molecule has 1 unspecified atom stereocenters. The third-order valence-corrected chi connectivity index (χ3v) is 5.16. The lowest BCUT2D eigenvalue weighted by atomic mass is 10.0. The average molecular weight is 418 g/mol. The number of aromatic nitrogens is 5. The Balaban J connectivity index is 1.80. The molecule has 0 saturated heterocycles. The molecule has 148 valence electrons. The maximum absolute atomic E-state index is 13.4. The van der Waals surface area contributed by atoms with E-state index in [1.54, 1.807) is 32.0 Å². The van der Waals surface area contributed by atoms with Crippen LogP contribution in [-0.2, 0) is 0 Å². The van der Waals surface area contributed by atoms with Crippen LogP contribution in [0.1, 0.15) is 33.7 Å². The second-order valence-electron chi connectivity index (χ2n) is 6.56. The van der Waals surface area contributed by atoms with E-state index in [-0.39, 0.29) is 17.5 Å². The standard InChI is InChI=1S/C21H15FN6OS/c1-12-10-13(2)25-19(24-12)16(11-23)18(29)20-26-21(17-4-3-9-30-17)28(27-20)15-7-5-14(22)6-8-15/h3-10,16H,1-2H3. The molecule has 0 aliphatic heterocycles. The van der Waals surface area contributed by atoms with Gasteiger partial charge in [0.25, 0.3) is 0 Å². The Morgan fingerprint density at radius 3 is 2.43 bits per heavy atom. The van der Waals surface area contributed by atoms with Gasteiger partial charge < -0.3 is 0 Å². The molecule has 0 bridgehead atoms. The first-order valence-corrected chi connectivity index (χ1v) is 9.87. The molecule has 1 atom stereocenters. The minimum Gasteiger partial charge on any atom is -0.289 e. The fourth-order valence-corrected chi connectivity index (χ4v) is 3.69. The number of rotatable bonds is 5. The Morgan fingerprint density at radius 1 is 1.13 bits per heavy atom. The zero-order valence-electron chi connectivity index (χ0n) is 16.1. The molecule has 0 saturated carbocycles. The van der Waals surface area contributed by atoms with Crippen LogP contribution in [0.4, 0.5) is 4.39 Å². The highest BCUT2D eigenvalue weighted by atomic mass is 32.1. The lowest BCUT2D eigenvalue weighted by molar-refractivity contribution is 0.0966. The predicted octanol–water partition coefficient (Wildman–Crippen LogP) is 4.03. The summed E-state index contributed by atoms with van der Waals surface area (Å²) in [5.41, 5.74) is 1.87. The Morgan fingerprint density at radius 2 is 1.83 bits per heavy atom. The van der Waals surface area contributed by atoms with Gasteiger partial charge in [-0.05, 0) is 55.6 Å². The molecule has 4 aromatic rings. The van der Waals surface area contributed by atoms with E-state index < -0.39 is 11.7 Å². The van der Waals surface area contributed by atoms with Crippen LogP contribution in [0.3, 0.4) is 0 Å². The van der Waals surface area contributed by atoms with E-state index in [4.69, 9.17) is 0 Å². The number of hydrogen-bond acceptors (Lipinski definition) is 7. The highest BCUT2D eigenvalue weighted by molar-refractivity contribution is 7.13. The lowest BCUT2D eigenvalue weighted by Crippen LogP contribution is -2.17. The van der Waals surface area contributed by atoms with Crippen LogP contribution in [0.15, 0.2) is 47.8 Å². The Bertz CT molecular complexity index is 1240. The van der Waals surface area contributed by atoms with Gasteiger partial charge in [0, 0.05) is 11.4 Å². The van der Waals surface area contributed by atoms with Gasteiger partial charge >= 0.3 is 0 Å². The summed E-state index contributed by atoms with van der Waals surface area (Å²) in [6, 6.07) is 13.1. The first kappa shape index (κ1) is 19.5. The number of thiophene rings is 1. The molecule has 0 fully saturated rings. The molecule has 9 heteroatoms. The molecule has 1 aromatic carbocycles. The minimum absolute atomic E-state index is 0.121. The maximum Gasteiger partial charge on any atom is 0.226 e. The number of benzene rings is 1. The fraction of sp³-hybridized carbons (Fsp3) is 0.143. The van der Waals surface area contributed by atoms with Crippen molar-refractivity contribution in [2.45, 2.75) is 19.8 Å². The normalized spacial score (nSPS) is 11.8. The number of carbonyl (C=O) groups excluding carboxylic acids is 1. The predicted molar refractivity (Wildman–Crippen MR) is 109 cm³/mol. The largest absolute Gasteiger partial charge is 0.289 e. The van der Waals surface area contributed by atoms with E-state index in [9.17, 15) is 14.4 Å².